The molecule has 0 saturated carbocycles. The molecular formula is C23H34IN5O. The van der Waals surface area contributed by atoms with Crippen LogP contribution >= 0.6 is 24.0 Å². The van der Waals surface area contributed by atoms with Gasteiger partial charge in [-0.3, -0.25) is 4.99 Å². The molecule has 0 bridgehead atoms. The summed E-state index contributed by atoms with van der Waals surface area (Å²) in [5, 5.41) is 6.79. The second-order valence-corrected chi connectivity index (χ2v) is 7.39. The third-order valence-corrected chi connectivity index (χ3v) is 5.14. The van der Waals surface area contributed by atoms with Crippen molar-refractivity contribution in [1.29, 1.82) is 0 Å². The van der Waals surface area contributed by atoms with Gasteiger partial charge in [-0.25, -0.2) is 4.98 Å². The number of aliphatic imine (C=N–C) groups is 1. The van der Waals surface area contributed by atoms with Gasteiger partial charge in [0.1, 0.15) is 11.6 Å². The minimum absolute atomic E-state index is 0. The average Bonchev–Trinajstić information content (AvgIpc) is 2.76. The van der Waals surface area contributed by atoms with Gasteiger partial charge in [0, 0.05) is 45.0 Å². The molecule has 1 aliphatic heterocycles. The number of pyridine rings is 1. The van der Waals surface area contributed by atoms with E-state index in [0.717, 1.165) is 36.2 Å². The molecule has 0 amide bonds. The summed E-state index contributed by atoms with van der Waals surface area (Å²) in [7, 11) is 1.79. The van der Waals surface area contributed by atoms with E-state index in [9.17, 15) is 0 Å². The number of nitrogens with one attached hydrogen (secondary N) is 2. The Balaban J connectivity index is 0.00000320. The van der Waals surface area contributed by atoms with Crippen LogP contribution in [-0.2, 0) is 13.1 Å². The van der Waals surface area contributed by atoms with Crippen LogP contribution in [-0.4, -0.2) is 37.7 Å². The Labute approximate surface area is 197 Å². The molecule has 1 saturated heterocycles. The van der Waals surface area contributed by atoms with E-state index in [4.69, 9.17) is 4.74 Å². The van der Waals surface area contributed by atoms with Crippen molar-refractivity contribution in [2.45, 2.75) is 46.2 Å². The second-order valence-electron chi connectivity index (χ2n) is 7.39. The van der Waals surface area contributed by atoms with Crippen molar-refractivity contribution < 1.29 is 4.74 Å². The van der Waals surface area contributed by atoms with Gasteiger partial charge in [0.25, 0.3) is 0 Å². The van der Waals surface area contributed by atoms with Gasteiger partial charge in [-0.05, 0) is 62.4 Å². The first-order chi connectivity index (χ1) is 14.2. The van der Waals surface area contributed by atoms with E-state index in [2.05, 4.69) is 62.8 Å². The zero-order valence-electron chi connectivity index (χ0n) is 18.3. The van der Waals surface area contributed by atoms with Crippen molar-refractivity contribution in [3.8, 4) is 5.75 Å². The Morgan fingerprint density at radius 1 is 1.10 bits per heavy atom. The third-order valence-electron chi connectivity index (χ3n) is 5.14. The van der Waals surface area contributed by atoms with E-state index in [1.54, 1.807) is 7.05 Å². The van der Waals surface area contributed by atoms with E-state index in [1.165, 1.54) is 30.4 Å². The molecule has 3 rings (SSSR count). The standard InChI is InChI=1S/C23H33N5O.HI/c1-4-29-21-14-18(2)8-9-20(21)17-27-23(24-3)26-16-19-10-11-25-22(15-19)28-12-6-5-7-13-28;/h8-11,14-15H,4-7,12-13,16-17H2,1-3H3,(H2,24,26,27);1H. The summed E-state index contributed by atoms with van der Waals surface area (Å²) in [6.07, 6.45) is 5.73. The van der Waals surface area contributed by atoms with Crippen molar-refractivity contribution in [3.05, 3.63) is 53.2 Å². The summed E-state index contributed by atoms with van der Waals surface area (Å²) in [4.78, 5) is 11.3. The van der Waals surface area contributed by atoms with Crippen LogP contribution in [0, 0.1) is 6.92 Å². The van der Waals surface area contributed by atoms with E-state index in [-0.39, 0.29) is 24.0 Å². The molecule has 7 heteroatoms. The number of nitrogens with zero attached hydrogens (tertiary/aromatic N) is 3. The Bertz CT molecular complexity index is 821. The molecule has 2 aromatic rings. The lowest BCUT2D eigenvalue weighted by Gasteiger charge is -2.28. The number of aromatic nitrogens is 1. The Morgan fingerprint density at radius 2 is 1.87 bits per heavy atom. The molecule has 2 N–H and O–H groups in total. The zero-order chi connectivity index (χ0) is 20.5. The monoisotopic (exact) mass is 523 g/mol. The molecule has 2 heterocycles. The van der Waals surface area contributed by atoms with Gasteiger partial charge in [0.15, 0.2) is 5.96 Å². The summed E-state index contributed by atoms with van der Waals surface area (Å²) in [5.41, 5.74) is 3.52. The number of guanidine groups is 1. The van der Waals surface area contributed by atoms with E-state index in [0.29, 0.717) is 19.7 Å². The fourth-order valence-corrected chi connectivity index (χ4v) is 3.55. The smallest absolute Gasteiger partial charge is 0.191 e. The van der Waals surface area contributed by atoms with E-state index >= 15 is 0 Å². The molecule has 0 spiro atoms. The van der Waals surface area contributed by atoms with E-state index in [1.807, 2.05) is 13.1 Å². The van der Waals surface area contributed by atoms with Gasteiger partial charge >= 0.3 is 0 Å². The fraction of sp³-hybridized carbons (Fsp3) is 0.478. The first-order valence-electron chi connectivity index (χ1n) is 10.6. The Hall–Kier alpha value is -2.03. The van der Waals surface area contributed by atoms with Gasteiger partial charge in [0.2, 0.25) is 0 Å². The highest BCUT2D eigenvalue weighted by Gasteiger charge is 2.12. The Morgan fingerprint density at radius 3 is 2.60 bits per heavy atom. The summed E-state index contributed by atoms with van der Waals surface area (Å²) >= 11 is 0. The molecule has 0 aliphatic carbocycles. The van der Waals surface area contributed by atoms with Crippen LogP contribution in [0.3, 0.4) is 0 Å². The van der Waals surface area contributed by atoms with Crippen molar-refractivity contribution in [3.63, 3.8) is 0 Å². The van der Waals surface area contributed by atoms with Crippen LogP contribution in [0.2, 0.25) is 0 Å². The van der Waals surface area contributed by atoms with Crippen LogP contribution in [0.15, 0.2) is 41.5 Å². The topological polar surface area (TPSA) is 61.8 Å². The molecule has 1 aliphatic rings. The molecule has 1 aromatic heterocycles. The third kappa shape index (κ3) is 7.04. The first kappa shape index (κ1) is 24.2. The van der Waals surface area contributed by atoms with Crippen molar-refractivity contribution in [2.75, 3.05) is 31.6 Å². The lowest BCUT2D eigenvalue weighted by Crippen LogP contribution is -2.36. The van der Waals surface area contributed by atoms with E-state index < -0.39 is 0 Å². The largest absolute Gasteiger partial charge is 0.494 e. The maximum Gasteiger partial charge on any atom is 0.191 e. The minimum Gasteiger partial charge on any atom is -0.494 e. The van der Waals surface area contributed by atoms with Gasteiger partial charge < -0.3 is 20.3 Å². The fourth-order valence-electron chi connectivity index (χ4n) is 3.55. The van der Waals surface area contributed by atoms with Gasteiger partial charge in [-0.2, -0.15) is 0 Å². The number of aryl methyl sites for hydroxylation is 1. The number of benzene rings is 1. The molecule has 0 atom stereocenters. The van der Waals surface area contributed by atoms with Crippen molar-refractivity contribution >= 4 is 35.8 Å². The lowest BCUT2D eigenvalue weighted by atomic mass is 10.1. The molecular weight excluding hydrogens is 489 g/mol. The lowest BCUT2D eigenvalue weighted by molar-refractivity contribution is 0.336. The number of hydrogen-bond donors (Lipinski definition) is 2. The molecule has 1 fully saturated rings. The second kappa shape index (κ2) is 12.6. The predicted octanol–water partition coefficient (Wildman–Crippen LogP) is 4.26. The SMILES string of the molecule is CCOc1cc(C)ccc1CNC(=NC)NCc1ccnc(N2CCCCC2)c1.I. The van der Waals surface area contributed by atoms with Crippen LogP contribution in [0.25, 0.3) is 0 Å². The maximum absolute atomic E-state index is 5.77. The minimum atomic E-state index is 0. The molecule has 164 valence electrons. The highest BCUT2D eigenvalue weighted by molar-refractivity contribution is 14.0. The summed E-state index contributed by atoms with van der Waals surface area (Å²) in [5.74, 6) is 2.77. The number of piperidine rings is 1. The molecule has 1 aromatic carbocycles. The first-order valence-corrected chi connectivity index (χ1v) is 10.6. The number of anilines is 1. The number of rotatable bonds is 7. The number of hydrogen-bond acceptors (Lipinski definition) is 4. The van der Waals surface area contributed by atoms with Crippen LogP contribution in [0.5, 0.6) is 5.75 Å². The van der Waals surface area contributed by atoms with Crippen LogP contribution in [0.1, 0.15) is 42.9 Å². The molecule has 6 nitrogen and oxygen atoms in total. The normalized spacial score (nSPS) is 14.1. The summed E-state index contributed by atoms with van der Waals surface area (Å²) in [6, 6.07) is 10.5. The van der Waals surface area contributed by atoms with Gasteiger partial charge in [-0.1, -0.05) is 12.1 Å². The summed E-state index contributed by atoms with van der Waals surface area (Å²) < 4.78 is 5.77. The average molecular weight is 523 g/mol. The molecule has 0 unspecified atom stereocenters. The summed E-state index contributed by atoms with van der Waals surface area (Å²) in [6.45, 7) is 8.31. The van der Waals surface area contributed by atoms with Crippen LogP contribution in [0.4, 0.5) is 5.82 Å². The van der Waals surface area contributed by atoms with Crippen molar-refractivity contribution in [2.24, 2.45) is 4.99 Å². The van der Waals surface area contributed by atoms with Gasteiger partial charge in [0.05, 0.1) is 6.61 Å². The van der Waals surface area contributed by atoms with Crippen molar-refractivity contribution in [1.82, 2.24) is 15.6 Å². The van der Waals surface area contributed by atoms with Gasteiger partial charge in [-0.15, -0.1) is 24.0 Å². The number of halogens is 1. The highest BCUT2D eigenvalue weighted by atomic mass is 127. The molecule has 30 heavy (non-hydrogen) atoms. The number of ether oxygens (including phenoxy) is 1. The maximum atomic E-state index is 5.77. The quantitative estimate of drug-likeness (QED) is 0.323. The highest BCUT2D eigenvalue weighted by Crippen LogP contribution is 2.20. The van der Waals surface area contributed by atoms with Crippen LogP contribution < -0.4 is 20.3 Å². The Kier molecular flexibility index (Phi) is 10.2. The predicted molar refractivity (Wildman–Crippen MR) is 135 cm³/mol. The zero-order valence-corrected chi connectivity index (χ0v) is 20.6. The molecule has 0 radical (unpaired) electrons.